The van der Waals surface area contributed by atoms with E-state index in [0.717, 1.165) is 37.1 Å². The molecular weight excluding hydrogens is 487 g/mol. The number of hydrogen-bond acceptors (Lipinski definition) is 6. The second-order valence-corrected chi connectivity index (χ2v) is 9.25. The molecule has 1 amide bonds. The number of piperidine rings is 1. The number of rotatable bonds is 9. The monoisotopic (exact) mass is 514 g/mol. The molecule has 184 valence electrons. The number of amides is 1. The summed E-state index contributed by atoms with van der Waals surface area (Å²) in [7, 11) is 1.57. The molecule has 3 aromatic rings. The van der Waals surface area contributed by atoms with E-state index in [9.17, 15) is 4.79 Å². The normalized spacial score (nSPS) is 14.8. The molecule has 1 atom stereocenters. The van der Waals surface area contributed by atoms with E-state index >= 15 is 0 Å². The number of aromatic nitrogens is 2. The Morgan fingerprint density at radius 3 is 2.60 bits per heavy atom. The molecule has 1 fully saturated rings. The van der Waals surface area contributed by atoms with Crippen molar-refractivity contribution in [2.45, 2.75) is 25.3 Å². The van der Waals surface area contributed by atoms with E-state index in [0.29, 0.717) is 46.1 Å². The molecule has 1 saturated heterocycles. The number of benzene rings is 2. The zero-order chi connectivity index (χ0) is 24.6. The lowest BCUT2D eigenvalue weighted by Crippen LogP contribution is -2.39. The predicted octanol–water partition coefficient (Wildman–Crippen LogP) is 4.88. The van der Waals surface area contributed by atoms with Crippen LogP contribution in [0.5, 0.6) is 11.5 Å². The highest BCUT2D eigenvalue weighted by Crippen LogP contribution is 2.31. The van der Waals surface area contributed by atoms with Crippen LogP contribution in [0.3, 0.4) is 0 Å². The predicted molar refractivity (Wildman–Crippen MR) is 136 cm³/mol. The first-order chi connectivity index (χ1) is 17.0. The molecule has 1 aliphatic heterocycles. The summed E-state index contributed by atoms with van der Waals surface area (Å²) < 4.78 is 11.4. The molecule has 7 nitrogen and oxygen atoms in total. The number of nitrogens with one attached hydrogen (secondary N) is 2. The summed E-state index contributed by atoms with van der Waals surface area (Å²) in [6.45, 7) is 2.20. The van der Waals surface area contributed by atoms with E-state index in [4.69, 9.17) is 32.7 Å². The average molecular weight is 515 g/mol. The number of halogens is 2. The van der Waals surface area contributed by atoms with Gasteiger partial charge in [-0.15, -0.1) is 0 Å². The number of methoxy groups -OCH3 is 1. The number of ether oxygens (including phenoxy) is 2. The largest absolute Gasteiger partial charge is 0.493 e. The van der Waals surface area contributed by atoms with Crippen LogP contribution in [0.15, 0.2) is 55.1 Å². The van der Waals surface area contributed by atoms with E-state index in [1.54, 1.807) is 49.8 Å². The summed E-state index contributed by atoms with van der Waals surface area (Å²) in [6.07, 6.45) is 7.54. The Hall–Kier alpha value is -2.87. The summed E-state index contributed by atoms with van der Waals surface area (Å²) >= 11 is 12.2. The molecule has 0 spiro atoms. The highest BCUT2D eigenvalue weighted by atomic mass is 35.5. The van der Waals surface area contributed by atoms with Crippen LogP contribution in [-0.2, 0) is 6.42 Å². The molecule has 35 heavy (non-hydrogen) atoms. The number of hydrogen-bond donors (Lipinski definition) is 2. The average Bonchev–Trinajstić information content (AvgIpc) is 2.89. The third-order valence-corrected chi connectivity index (χ3v) is 6.74. The SMILES string of the molecule is COc1ccc(C(=O)NC(c2cncnc2)C2CCNCC2)cc1OCCc1ccc(Cl)cc1Cl. The highest BCUT2D eigenvalue weighted by Gasteiger charge is 2.27. The van der Waals surface area contributed by atoms with Gasteiger partial charge in [-0.3, -0.25) is 4.79 Å². The minimum atomic E-state index is -0.189. The second-order valence-electron chi connectivity index (χ2n) is 8.41. The Labute approximate surface area is 215 Å². The van der Waals surface area contributed by atoms with Gasteiger partial charge in [0.15, 0.2) is 11.5 Å². The summed E-state index contributed by atoms with van der Waals surface area (Å²) in [5.74, 6) is 1.15. The fourth-order valence-corrected chi connectivity index (χ4v) is 4.78. The van der Waals surface area contributed by atoms with Crippen LogP contribution in [0, 0.1) is 5.92 Å². The van der Waals surface area contributed by atoms with Crippen LogP contribution in [-0.4, -0.2) is 42.7 Å². The van der Waals surface area contributed by atoms with Crippen molar-refractivity contribution in [1.29, 1.82) is 0 Å². The van der Waals surface area contributed by atoms with Gasteiger partial charge >= 0.3 is 0 Å². The first-order valence-corrected chi connectivity index (χ1v) is 12.3. The van der Waals surface area contributed by atoms with Gasteiger partial charge in [0, 0.05) is 40.0 Å². The molecule has 2 N–H and O–H groups in total. The molecule has 0 bridgehead atoms. The Bertz CT molecular complexity index is 1140. The van der Waals surface area contributed by atoms with Crippen molar-refractivity contribution in [3.05, 3.63) is 81.9 Å². The molecular formula is C26H28Cl2N4O3. The fourth-order valence-electron chi connectivity index (χ4n) is 4.27. The maximum Gasteiger partial charge on any atom is 0.251 e. The van der Waals surface area contributed by atoms with Crippen LogP contribution < -0.4 is 20.1 Å². The zero-order valence-electron chi connectivity index (χ0n) is 19.5. The second kappa shape index (κ2) is 12.2. The van der Waals surface area contributed by atoms with Crippen molar-refractivity contribution in [2.24, 2.45) is 5.92 Å². The van der Waals surface area contributed by atoms with Gasteiger partial charge < -0.3 is 20.1 Å². The minimum Gasteiger partial charge on any atom is -0.493 e. The van der Waals surface area contributed by atoms with E-state index < -0.39 is 0 Å². The van der Waals surface area contributed by atoms with Crippen molar-refractivity contribution in [1.82, 2.24) is 20.6 Å². The standard InChI is InChI=1S/C26H28Cl2N4O3/c1-34-23-5-3-19(12-24(23)35-11-8-17-2-4-21(27)13-22(17)28)26(33)32-25(18-6-9-29-10-7-18)20-14-30-16-31-15-20/h2-5,12-16,18,25,29H,6-11H2,1H3,(H,32,33). The summed E-state index contributed by atoms with van der Waals surface area (Å²) in [4.78, 5) is 21.6. The topological polar surface area (TPSA) is 85.4 Å². The van der Waals surface area contributed by atoms with Crippen LogP contribution in [0.1, 0.15) is 40.4 Å². The van der Waals surface area contributed by atoms with Gasteiger partial charge in [-0.25, -0.2) is 9.97 Å². The van der Waals surface area contributed by atoms with Crippen LogP contribution >= 0.6 is 23.2 Å². The Morgan fingerprint density at radius 2 is 1.89 bits per heavy atom. The van der Waals surface area contributed by atoms with Crippen LogP contribution in [0.4, 0.5) is 0 Å². The van der Waals surface area contributed by atoms with Crippen LogP contribution in [0.2, 0.25) is 10.0 Å². The van der Waals surface area contributed by atoms with Crippen molar-refractivity contribution in [2.75, 3.05) is 26.8 Å². The summed E-state index contributed by atoms with van der Waals surface area (Å²) in [5.41, 5.74) is 2.32. The Morgan fingerprint density at radius 1 is 1.11 bits per heavy atom. The molecule has 1 aromatic heterocycles. The lowest BCUT2D eigenvalue weighted by atomic mass is 9.86. The van der Waals surface area contributed by atoms with Gasteiger partial charge in [0.25, 0.3) is 5.91 Å². The molecule has 4 rings (SSSR count). The van der Waals surface area contributed by atoms with Crippen LogP contribution in [0.25, 0.3) is 0 Å². The first kappa shape index (κ1) is 25.2. The third-order valence-electron chi connectivity index (χ3n) is 6.15. The highest BCUT2D eigenvalue weighted by molar-refractivity contribution is 6.35. The summed E-state index contributed by atoms with van der Waals surface area (Å²) in [5, 5.41) is 7.76. The summed E-state index contributed by atoms with van der Waals surface area (Å²) in [6, 6.07) is 10.4. The number of nitrogens with zero attached hydrogens (tertiary/aromatic N) is 2. The molecule has 9 heteroatoms. The molecule has 0 aliphatic carbocycles. The minimum absolute atomic E-state index is 0.177. The van der Waals surface area contributed by atoms with Gasteiger partial charge in [-0.05, 0) is 67.7 Å². The maximum absolute atomic E-state index is 13.3. The van der Waals surface area contributed by atoms with Gasteiger partial charge in [0.1, 0.15) is 6.33 Å². The molecule has 2 aromatic carbocycles. The third kappa shape index (κ3) is 6.63. The smallest absolute Gasteiger partial charge is 0.251 e. The first-order valence-electron chi connectivity index (χ1n) is 11.6. The van der Waals surface area contributed by atoms with Gasteiger partial charge in [0.2, 0.25) is 0 Å². The van der Waals surface area contributed by atoms with Crippen molar-refractivity contribution < 1.29 is 14.3 Å². The zero-order valence-corrected chi connectivity index (χ0v) is 21.0. The molecule has 1 aliphatic rings. The maximum atomic E-state index is 13.3. The van der Waals surface area contributed by atoms with E-state index in [1.165, 1.54) is 6.33 Å². The van der Waals surface area contributed by atoms with E-state index in [1.807, 2.05) is 6.07 Å². The molecule has 1 unspecified atom stereocenters. The molecule has 2 heterocycles. The Kier molecular flexibility index (Phi) is 8.79. The number of carbonyl (C=O) groups is 1. The van der Waals surface area contributed by atoms with E-state index in [-0.39, 0.29) is 11.9 Å². The van der Waals surface area contributed by atoms with Gasteiger partial charge in [0.05, 0.1) is 19.8 Å². The van der Waals surface area contributed by atoms with Gasteiger partial charge in [-0.2, -0.15) is 0 Å². The molecule has 0 saturated carbocycles. The van der Waals surface area contributed by atoms with Crippen molar-refractivity contribution in [3.63, 3.8) is 0 Å². The Balaban J connectivity index is 1.48. The lowest BCUT2D eigenvalue weighted by Gasteiger charge is -2.31. The quantitative estimate of drug-likeness (QED) is 0.423. The van der Waals surface area contributed by atoms with Gasteiger partial charge in [-0.1, -0.05) is 29.3 Å². The fraction of sp³-hybridized carbons (Fsp3) is 0.346. The van der Waals surface area contributed by atoms with Crippen molar-refractivity contribution >= 4 is 29.1 Å². The molecule has 0 radical (unpaired) electrons. The lowest BCUT2D eigenvalue weighted by molar-refractivity contribution is 0.0913. The van der Waals surface area contributed by atoms with Crippen molar-refractivity contribution in [3.8, 4) is 11.5 Å². The van der Waals surface area contributed by atoms with E-state index in [2.05, 4.69) is 20.6 Å². The number of carbonyl (C=O) groups excluding carboxylic acids is 1.